The Hall–Kier alpha value is -2.94. The molecule has 142 valence electrons. The molecular weight excluding hydrogens is 418 g/mol. The number of hydrazone groups is 1. The van der Waals surface area contributed by atoms with Gasteiger partial charge in [-0.25, -0.2) is 5.43 Å². The van der Waals surface area contributed by atoms with Crippen molar-refractivity contribution >= 4 is 33.7 Å². The lowest BCUT2D eigenvalue weighted by Gasteiger charge is -2.14. The van der Waals surface area contributed by atoms with Gasteiger partial charge in [0.25, 0.3) is 5.91 Å². The van der Waals surface area contributed by atoms with Crippen LogP contribution in [0, 0.1) is 24.0 Å². The number of hydrogen-bond acceptors (Lipinski definition) is 6. The quantitative estimate of drug-likeness (QED) is 0.408. The van der Waals surface area contributed by atoms with Crippen LogP contribution >= 0.6 is 15.9 Å². The Bertz CT molecular complexity index is 894. The number of aryl methyl sites for hydroxylation is 2. The highest BCUT2D eigenvalue weighted by Gasteiger charge is 2.18. The molecule has 0 saturated heterocycles. The normalized spacial score (nSPS) is 12.0. The zero-order chi connectivity index (χ0) is 20.1. The Morgan fingerprint density at radius 1 is 1.30 bits per heavy atom. The molecular formula is C18H18BrN3O5. The molecule has 2 aromatic carbocycles. The number of phenols is 1. The van der Waals surface area contributed by atoms with Crippen LogP contribution in [0.3, 0.4) is 0 Å². The van der Waals surface area contributed by atoms with Gasteiger partial charge in [0, 0.05) is 16.1 Å². The summed E-state index contributed by atoms with van der Waals surface area (Å²) in [6, 6.07) is 8.24. The van der Waals surface area contributed by atoms with Crippen molar-refractivity contribution in [1.29, 1.82) is 0 Å². The average molecular weight is 436 g/mol. The summed E-state index contributed by atoms with van der Waals surface area (Å²) in [5.41, 5.74) is 3.93. The predicted molar refractivity (Wildman–Crippen MR) is 104 cm³/mol. The molecule has 0 spiro atoms. The number of phenolic OH excluding ortho intramolecular Hbond substituents is 1. The number of hydrogen-bond donors (Lipinski definition) is 2. The summed E-state index contributed by atoms with van der Waals surface area (Å²) in [6.07, 6.45) is 0.308. The SMILES string of the molecule is Cc1cc(C)cc(OC(C)C(=O)N/N=C/c2cc(Br)cc([N+](=O)[O-])c2O)c1. The second kappa shape index (κ2) is 8.63. The van der Waals surface area contributed by atoms with Crippen molar-refractivity contribution in [2.24, 2.45) is 5.10 Å². The van der Waals surface area contributed by atoms with Gasteiger partial charge in [0.2, 0.25) is 5.75 Å². The van der Waals surface area contributed by atoms with Crippen LogP contribution in [-0.4, -0.2) is 28.3 Å². The van der Waals surface area contributed by atoms with E-state index < -0.39 is 28.4 Å². The van der Waals surface area contributed by atoms with Gasteiger partial charge < -0.3 is 9.84 Å². The number of benzene rings is 2. The van der Waals surface area contributed by atoms with Gasteiger partial charge in [0.1, 0.15) is 5.75 Å². The summed E-state index contributed by atoms with van der Waals surface area (Å²) in [4.78, 5) is 22.3. The van der Waals surface area contributed by atoms with E-state index in [0.717, 1.165) is 17.3 Å². The van der Waals surface area contributed by atoms with E-state index in [4.69, 9.17) is 4.74 Å². The van der Waals surface area contributed by atoms with Crippen LogP contribution < -0.4 is 10.2 Å². The minimum atomic E-state index is -0.811. The first-order valence-corrected chi connectivity index (χ1v) is 8.71. The Morgan fingerprint density at radius 3 is 2.52 bits per heavy atom. The Balaban J connectivity index is 2.05. The Morgan fingerprint density at radius 2 is 1.93 bits per heavy atom. The van der Waals surface area contributed by atoms with Gasteiger partial charge in [-0.1, -0.05) is 22.0 Å². The van der Waals surface area contributed by atoms with Crippen molar-refractivity contribution in [3.8, 4) is 11.5 Å². The van der Waals surface area contributed by atoms with Gasteiger partial charge in [-0.2, -0.15) is 5.10 Å². The fraction of sp³-hybridized carbons (Fsp3) is 0.222. The van der Waals surface area contributed by atoms with Crippen molar-refractivity contribution in [3.05, 3.63) is 61.6 Å². The van der Waals surface area contributed by atoms with Crippen LogP contribution in [-0.2, 0) is 4.79 Å². The first-order valence-electron chi connectivity index (χ1n) is 7.92. The Labute approximate surface area is 164 Å². The van der Waals surface area contributed by atoms with E-state index in [1.807, 2.05) is 32.0 Å². The molecule has 2 aromatic rings. The minimum Gasteiger partial charge on any atom is -0.502 e. The van der Waals surface area contributed by atoms with Crippen molar-refractivity contribution < 1.29 is 19.6 Å². The van der Waals surface area contributed by atoms with E-state index in [9.17, 15) is 20.0 Å². The second-order valence-corrected chi connectivity index (χ2v) is 6.85. The number of halogens is 1. The molecule has 0 fully saturated rings. The maximum atomic E-state index is 12.1. The van der Waals surface area contributed by atoms with Gasteiger partial charge in [-0.05, 0) is 50.1 Å². The number of nitro benzene ring substituents is 1. The fourth-order valence-electron chi connectivity index (χ4n) is 2.36. The summed E-state index contributed by atoms with van der Waals surface area (Å²) in [6.45, 7) is 5.43. The highest BCUT2D eigenvalue weighted by atomic mass is 79.9. The van der Waals surface area contributed by atoms with E-state index in [1.165, 1.54) is 12.1 Å². The van der Waals surface area contributed by atoms with E-state index in [1.54, 1.807) is 6.92 Å². The lowest BCUT2D eigenvalue weighted by molar-refractivity contribution is -0.385. The molecule has 1 unspecified atom stereocenters. The molecule has 0 aromatic heterocycles. The van der Waals surface area contributed by atoms with Gasteiger partial charge in [0.15, 0.2) is 6.10 Å². The van der Waals surface area contributed by atoms with E-state index in [2.05, 4.69) is 26.5 Å². The summed E-state index contributed by atoms with van der Waals surface area (Å²) < 4.78 is 6.00. The molecule has 0 aliphatic heterocycles. The molecule has 2 N–H and O–H groups in total. The van der Waals surface area contributed by atoms with Crippen LogP contribution in [0.1, 0.15) is 23.6 Å². The molecule has 1 amide bonds. The number of ether oxygens (including phenoxy) is 1. The number of carbonyl (C=O) groups is 1. The third-order valence-corrected chi connectivity index (χ3v) is 3.99. The molecule has 0 aliphatic rings. The summed E-state index contributed by atoms with van der Waals surface area (Å²) in [7, 11) is 0. The molecule has 1 atom stereocenters. The number of rotatable bonds is 6. The monoisotopic (exact) mass is 435 g/mol. The van der Waals surface area contributed by atoms with E-state index in [-0.39, 0.29) is 5.56 Å². The van der Waals surface area contributed by atoms with Gasteiger partial charge in [0.05, 0.1) is 11.1 Å². The largest absolute Gasteiger partial charge is 0.502 e. The van der Waals surface area contributed by atoms with Crippen molar-refractivity contribution in [1.82, 2.24) is 5.43 Å². The Kier molecular flexibility index (Phi) is 6.51. The van der Waals surface area contributed by atoms with Crippen LogP contribution in [0.2, 0.25) is 0 Å². The minimum absolute atomic E-state index is 0.0826. The van der Waals surface area contributed by atoms with Gasteiger partial charge in [-0.3, -0.25) is 14.9 Å². The van der Waals surface area contributed by atoms with E-state index in [0.29, 0.717) is 10.2 Å². The molecule has 0 saturated carbocycles. The van der Waals surface area contributed by atoms with Crippen LogP contribution in [0.15, 0.2) is 39.9 Å². The molecule has 2 rings (SSSR count). The number of carbonyl (C=O) groups excluding carboxylic acids is 1. The highest BCUT2D eigenvalue weighted by molar-refractivity contribution is 9.10. The molecule has 0 aliphatic carbocycles. The lowest BCUT2D eigenvalue weighted by Crippen LogP contribution is -2.33. The smallest absolute Gasteiger partial charge is 0.312 e. The van der Waals surface area contributed by atoms with Crippen LogP contribution in [0.25, 0.3) is 0 Å². The lowest BCUT2D eigenvalue weighted by atomic mass is 10.1. The number of nitrogens with one attached hydrogen (secondary N) is 1. The van der Waals surface area contributed by atoms with Gasteiger partial charge >= 0.3 is 5.69 Å². The number of aromatic hydroxyl groups is 1. The fourth-order valence-corrected chi connectivity index (χ4v) is 2.82. The third kappa shape index (κ3) is 5.52. The first-order chi connectivity index (χ1) is 12.7. The topological polar surface area (TPSA) is 114 Å². The summed E-state index contributed by atoms with van der Waals surface area (Å²) >= 11 is 3.12. The highest BCUT2D eigenvalue weighted by Crippen LogP contribution is 2.32. The zero-order valence-corrected chi connectivity index (χ0v) is 16.5. The molecule has 8 nitrogen and oxygen atoms in total. The third-order valence-electron chi connectivity index (χ3n) is 3.54. The van der Waals surface area contributed by atoms with Crippen LogP contribution in [0.4, 0.5) is 5.69 Å². The summed E-state index contributed by atoms with van der Waals surface area (Å²) in [5.74, 6) is -0.477. The molecule has 27 heavy (non-hydrogen) atoms. The predicted octanol–water partition coefficient (Wildman–Crippen LogP) is 3.60. The average Bonchev–Trinajstić information content (AvgIpc) is 2.56. The van der Waals surface area contributed by atoms with E-state index >= 15 is 0 Å². The molecule has 9 heteroatoms. The maximum absolute atomic E-state index is 12.1. The van der Waals surface area contributed by atoms with Crippen molar-refractivity contribution in [3.63, 3.8) is 0 Å². The zero-order valence-electron chi connectivity index (χ0n) is 14.9. The number of amides is 1. The van der Waals surface area contributed by atoms with Gasteiger partial charge in [-0.15, -0.1) is 0 Å². The standard InChI is InChI=1S/C18H18BrN3O5/c1-10-4-11(2)6-15(5-10)27-12(3)18(24)21-20-9-13-7-14(19)8-16(17(13)23)22(25)26/h4-9,12,23H,1-3H3,(H,21,24)/b20-9+. The van der Waals surface area contributed by atoms with Crippen LogP contribution in [0.5, 0.6) is 11.5 Å². The first kappa shape index (κ1) is 20.4. The van der Waals surface area contributed by atoms with Crippen molar-refractivity contribution in [2.45, 2.75) is 26.9 Å². The summed E-state index contributed by atoms with van der Waals surface area (Å²) in [5, 5.41) is 24.6. The number of nitro groups is 1. The van der Waals surface area contributed by atoms with Crippen molar-refractivity contribution in [2.75, 3.05) is 0 Å². The maximum Gasteiger partial charge on any atom is 0.312 e. The number of nitrogens with zero attached hydrogens (tertiary/aromatic N) is 2. The second-order valence-electron chi connectivity index (χ2n) is 5.94. The molecule has 0 heterocycles. The molecule has 0 bridgehead atoms. The molecule has 0 radical (unpaired) electrons.